The normalized spacial score (nSPS) is 11.5. The Morgan fingerprint density at radius 1 is 0.943 bits per heavy atom. The van der Waals surface area contributed by atoms with E-state index >= 15 is 0 Å². The van der Waals surface area contributed by atoms with Gasteiger partial charge in [0, 0.05) is 24.0 Å². The van der Waals surface area contributed by atoms with Crippen LogP contribution in [0.4, 0.5) is 0 Å². The highest BCUT2D eigenvalue weighted by molar-refractivity contribution is 9.10. The average molecular weight is 537 g/mol. The molecule has 3 aromatic rings. The number of halogens is 1. The summed E-state index contributed by atoms with van der Waals surface area (Å²) in [5, 5.41) is 2.99. The molecule has 0 aliphatic rings. The van der Waals surface area contributed by atoms with E-state index < -0.39 is 6.04 Å². The van der Waals surface area contributed by atoms with Crippen LogP contribution in [0.1, 0.15) is 35.6 Å². The van der Waals surface area contributed by atoms with E-state index in [2.05, 4.69) is 21.2 Å². The van der Waals surface area contributed by atoms with Crippen molar-refractivity contribution in [3.63, 3.8) is 0 Å². The molecule has 2 amide bonds. The first-order valence-corrected chi connectivity index (χ1v) is 12.7. The Morgan fingerprint density at radius 2 is 1.69 bits per heavy atom. The molecule has 1 N–H and O–H groups in total. The first kappa shape index (κ1) is 26.5. The first-order chi connectivity index (χ1) is 16.9. The van der Waals surface area contributed by atoms with Crippen LogP contribution in [-0.2, 0) is 22.6 Å². The molecule has 1 unspecified atom stereocenters. The standard InChI is InChI=1S/C29H33BrN2O3/c1-4-15-31-29(34)27(18-23-9-6-5-7-10-23)32(19-24-11-8-12-25(30)17-24)28(33)20-35-26-14-13-21(2)22(3)16-26/h5-14,16-17,27H,4,15,18-20H2,1-3H3,(H,31,34). The lowest BCUT2D eigenvalue weighted by molar-refractivity contribution is -0.142. The van der Waals surface area contributed by atoms with Crippen LogP contribution in [0.25, 0.3) is 0 Å². The Labute approximate surface area is 216 Å². The van der Waals surface area contributed by atoms with Crippen LogP contribution in [0.5, 0.6) is 5.75 Å². The van der Waals surface area contributed by atoms with E-state index in [1.165, 1.54) is 0 Å². The van der Waals surface area contributed by atoms with Crippen molar-refractivity contribution in [3.8, 4) is 5.75 Å². The monoisotopic (exact) mass is 536 g/mol. The summed E-state index contributed by atoms with van der Waals surface area (Å²) in [6, 6.07) is 22.7. The minimum absolute atomic E-state index is 0.150. The zero-order valence-electron chi connectivity index (χ0n) is 20.6. The third-order valence-electron chi connectivity index (χ3n) is 5.90. The lowest BCUT2D eigenvalue weighted by Crippen LogP contribution is -2.51. The first-order valence-electron chi connectivity index (χ1n) is 11.9. The van der Waals surface area contributed by atoms with Crippen LogP contribution in [0.15, 0.2) is 77.3 Å². The van der Waals surface area contributed by atoms with Gasteiger partial charge < -0.3 is 15.0 Å². The van der Waals surface area contributed by atoms with E-state index in [1.807, 2.05) is 93.6 Å². The second kappa shape index (κ2) is 13.1. The number of benzene rings is 3. The van der Waals surface area contributed by atoms with Crippen molar-refractivity contribution in [3.05, 3.63) is 99.5 Å². The number of ether oxygens (including phenoxy) is 1. The van der Waals surface area contributed by atoms with Gasteiger partial charge in [-0.25, -0.2) is 0 Å². The lowest BCUT2D eigenvalue weighted by Gasteiger charge is -2.31. The molecule has 0 aliphatic heterocycles. The zero-order valence-corrected chi connectivity index (χ0v) is 22.2. The molecule has 184 valence electrons. The van der Waals surface area contributed by atoms with Gasteiger partial charge in [-0.2, -0.15) is 0 Å². The topological polar surface area (TPSA) is 58.6 Å². The van der Waals surface area contributed by atoms with E-state index in [1.54, 1.807) is 4.90 Å². The summed E-state index contributed by atoms with van der Waals surface area (Å²) in [6.45, 7) is 6.76. The predicted octanol–water partition coefficient (Wildman–Crippen LogP) is 5.61. The number of carbonyl (C=O) groups excluding carboxylic acids is 2. The van der Waals surface area contributed by atoms with Crippen LogP contribution in [0.3, 0.4) is 0 Å². The fourth-order valence-electron chi connectivity index (χ4n) is 3.78. The minimum atomic E-state index is -0.668. The van der Waals surface area contributed by atoms with Gasteiger partial charge in [0.05, 0.1) is 0 Å². The largest absolute Gasteiger partial charge is 0.484 e. The fraction of sp³-hybridized carbons (Fsp3) is 0.310. The van der Waals surface area contributed by atoms with Crippen molar-refractivity contribution >= 4 is 27.7 Å². The number of rotatable bonds is 11. The lowest BCUT2D eigenvalue weighted by atomic mass is 10.0. The Bertz CT molecular complexity index is 1130. The van der Waals surface area contributed by atoms with Crippen molar-refractivity contribution in [2.24, 2.45) is 0 Å². The zero-order chi connectivity index (χ0) is 25.2. The summed E-state index contributed by atoms with van der Waals surface area (Å²) in [5.41, 5.74) is 4.18. The Morgan fingerprint density at radius 3 is 2.37 bits per heavy atom. The molecule has 5 nitrogen and oxygen atoms in total. The minimum Gasteiger partial charge on any atom is -0.484 e. The smallest absolute Gasteiger partial charge is 0.261 e. The quantitative estimate of drug-likeness (QED) is 0.346. The molecule has 6 heteroatoms. The number of hydrogen-bond acceptors (Lipinski definition) is 3. The molecule has 3 aromatic carbocycles. The van der Waals surface area contributed by atoms with E-state index in [9.17, 15) is 9.59 Å². The molecule has 0 saturated carbocycles. The third kappa shape index (κ3) is 7.96. The number of aryl methyl sites for hydroxylation is 2. The van der Waals surface area contributed by atoms with Crippen molar-refractivity contribution in [1.29, 1.82) is 0 Å². The van der Waals surface area contributed by atoms with E-state index in [-0.39, 0.29) is 18.4 Å². The summed E-state index contributed by atoms with van der Waals surface area (Å²) in [7, 11) is 0. The molecule has 35 heavy (non-hydrogen) atoms. The van der Waals surface area contributed by atoms with Gasteiger partial charge in [0.15, 0.2) is 6.61 Å². The molecule has 0 radical (unpaired) electrons. The molecule has 0 aromatic heterocycles. The second-order valence-electron chi connectivity index (χ2n) is 8.68. The molecule has 0 bridgehead atoms. The second-order valence-corrected chi connectivity index (χ2v) is 9.60. The number of carbonyl (C=O) groups is 2. The van der Waals surface area contributed by atoms with Crippen LogP contribution in [0.2, 0.25) is 0 Å². The van der Waals surface area contributed by atoms with Crippen molar-refractivity contribution in [1.82, 2.24) is 10.2 Å². The third-order valence-corrected chi connectivity index (χ3v) is 6.40. The molecular formula is C29H33BrN2O3. The number of hydrogen-bond donors (Lipinski definition) is 1. The molecular weight excluding hydrogens is 504 g/mol. The summed E-state index contributed by atoms with van der Waals surface area (Å²) in [5.74, 6) is 0.236. The fourth-order valence-corrected chi connectivity index (χ4v) is 4.23. The summed E-state index contributed by atoms with van der Waals surface area (Å²) in [4.78, 5) is 28.5. The van der Waals surface area contributed by atoms with Crippen molar-refractivity contribution < 1.29 is 14.3 Å². The highest BCUT2D eigenvalue weighted by Crippen LogP contribution is 2.20. The van der Waals surface area contributed by atoms with Crippen LogP contribution in [-0.4, -0.2) is 35.9 Å². The molecule has 0 spiro atoms. The highest BCUT2D eigenvalue weighted by Gasteiger charge is 2.30. The van der Waals surface area contributed by atoms with Gasteiger partial charge in [0.1, 0.15) is 11.8 Å². The van der Waals surface area contributed by atoms with Crippen LogP contribution >= 0.6 is 15.9 Å². The average Bonchev–Trinajstić information content (AvgIpc) is 2.86. The van der Waals surface area contributed by atoms with Gasteiger partial charge >= 0.3 is 0 Å². The predicted molar refractivity (Wildman–Crippen MR) is 143 cm³/mol. The van der Waals surface area contributed by atoms with E-state index in [4.69, 9.17) is 4.74 Å². The molecule has 0 aliphatic carbocycles. The van der Waals surface area contributed by atoms with Gasteiger partial charge in [-0.3, -0.25) is 9.59 Å². The molecule has 0 fully saturated rings. The van der Waals surface area contributed by atoms with E-state index in [0.29, 0.717) is 25.3 Å². The Balaban J connectivity index is 1.89. The SMILES string of the molecule is CCCNC(=O)C(Cc1ccccc1)N(Cc1cccc(Br)c1)C(=O)COc1ccc(C)c(C)c1. The molecule has 0 saturated heterocycles. The van der Waals surface area contributed by atoms with Gasteiger partial charge in [-0.05, 0) is 66.8 Å². The van der Waals surface area contributed by atoms with Crippen LogP contribution < -0.4 is 10.1 Å². The summed E-state index contributed by atoms with van der Waals surface area (Å²) >= 11 is 3.51. The summed E-state index contributed by atoms with van der Waals surface area (Å²) < 4.78 is 6.80. The van der Waals surface area contributed by atoms with Gasteiger partial charge in [-0.15, -0.1) is 0 Å². The van der Waals surface area contributed by atoms with Gasteiger partial charge in [0.2, 0.25) is 5.91 Å². The van der Waals surface area contributed by atoms with Crippen LogP contribution in [0, 0.1) is 13.8 Å². The number of nitrogens with zero attached hydrogens (tertiary/aromatic N) is 1. The molecule has 1 atom stereocenters. The van der Waals surface area contributed by atoms with E-state index in [0.717, 1.165) is 33.1 Å². The van der Waals surface area contributed by atoms with Gasteiger partial charge in [-0.1, -0.05) is 71.4 Å². The summed E-state index contributed by atoms with van der Waals surface area (Å²) in [6.07, 6.45) is 1.24. The maximum absolute atomic E-state index is 13.6. The number of nitrogens with one attached hydrogen (secondary N) is 1. The Hall–Kier alpha value is -3.12. The van der Waals surface area contributed by atoms with Crippen molar-refractivity contribution in [2.75, 3.05) is 13.2 Å². The highest BCUT2D eigenvalue weighted by atomic mass is 79.9. The number of amides is 2. The molecule has 0 heterocycles. The maximum atomic E-state index is 13.6. The maximum Gasteiger partial charge on any atom is 0.261 e. The van der Waals surface area contributed by atoms with Gasteiger partial charge in [0.25, 0.3) is 5.91 Å². The Kier molecular flexibility index (Phi) is 9.91. The van der Waals surface area contributed by atoms with Crippen molar-refractivity contribution in [2.45, 2.75) is 46.2 Å². The molecule has 3 rings (SSSR count).